The molecule has 0 radical (unpaired) electrons. The lowest BCUT2D eigenvalue weighted by Crippen LogP contribution is -2.41. The predicted molar refractivity (Wildman–Crippen MR) is 104 cm³/mol. The highest BCUT2D eigenvalue weighted by Crippen LogP contribution is 2.40. The standard InChI is InChI=1S/C20H26N2OSi/c1-14(23-24(5,6)20(2,3)4)15-10-9-13-18-19(15)22-17-12-8-7-11-16(17)21-18/h7-14H,1-6H3/t14-/m1/s1. The zero-order chi connectivity index (χ0) is 17.5. The molecule has 0 unspecified atom stereocenters. The summed E-state index contributed by atoms with van der Waals surface area (Å²) in [5.41, 5.74) is 4.85. The number of para-hydroxylation sites is 3. The molecule has 0 N–H and O–H groups in total. The van der Waals surface area contributed by atoms with Crippen molar-refractivity contribution in [2.24, 2.45) is 0 Å². The Morgan fingerprint density at radius 1 is 0.875 bits per heavy atom. The summed E-state index contributed by atoms with van der Waals surface area (Å²) in [5.74, 6) is 0. The fourth-order valence-electron chi connectivity index (χ4n) is 2.67. The second-order valence-electron chi connectivity index (χ2n) is 7.95. The molecule has 0 aliphatic heterocycles. The number of hydrogen-bond acceptors (Lipinski definition) is 3. The van der Waals surface area contributed by atoms with Crippen LogP contribution in [0, 0.1) is 0 Å². The van der Waals surface area contributed by atoms with Crippen molar-refractivity contribution in [1.29, 1.82) is 0 Å². The van der Waals surface area contributed by atoms with E-state index in [4.69, 9.17) is 14.4 Å². The molecule has 0 fully saturated rings. The van der Waals surface area contributed by atoms with E-state index >= 15 is 0 Å². The van der Waals surface area contributed by atoms with Gasteiger partial charge in [0.05, 0.1) is 28.2 Å². The van der Waals surface area contributed by atoms with Gasteiger partial charge in [-0.15, -0.1) is 0 Å². The van der Waals surface area contributed by atoms with Gasteiger partial charge in [0.15, 0.2) is 8.32 Å². The lowest BCUT2D eigenvalue weighted by Gasteiger charge is -2.38. The molecule has 3 nitrogen and oxygen atoms in total. The summed E-state index contributed by atoms with van der Waals surface area (Å²) in [5, 5.41) is 0.185. The minimum Gasteiger partial charge on any atom is -0.410 e. The van der Waals surface area contributed by atoms with Gasteiger partial charge in [-0.2, -0.15) is 0 Å². The molecule has 3 aromatic rings. The summed E-state index contributed by atoms with van der Waals surface area (Å²) >= 11 is 0. The third-order valence-electron chi connectivity index (χ3n) is 5.12. The Morgan fingerprint density at radius 3 is 2.08 bits per heavy atom. The number of benzene rings is 2. The van der Waals surface area contributed by atoms with E-state index in [1.807, 2.05) is 36.4 Å². The molecule has 0 amide bonds. The molecule has 24 heavy (non-hydrogen) atoms. The van der Waals surface area contributed by atoms with Crippen LogP contribution in [0.3, 0.4) is 0 Å². The van der Waals surface area contributed by atoms with Crippen molar-refractivity contribution in [3.05, 3.63) is 48.0 Å². The molecular weight excluding hydrogens is 312 g/mol. The molecular formula is C20H26N2OSi. The van der Waals surface area contributed by atoms with Gasteiger partial charge in [-0.1, -0.05) is 45.0 Å². The third-order valence-corrected chi connectivity index (χ3v) is 9.67. The first-order valence-electron chi connectivity index (χ1n) is 8.52. The summed E-state index contributed by atoms with van der Waals surface area (Å²) in [6, 6.07) is 14.2. The van der Waals surface area contributed by atoms with Crippen molar-refractivity contribution in [3.63, 3.8) is 0 Å². The van der Waals surface area contributed by atoms with Crippen LogP contribution >= 0.6 is 0 Å². The molecule has 1 heterocycles. The summed E-state index contributed by atoms with van der Waals surface area (Å²) in [6.45, 7) is 13.5. The molecule has 0 saturated heterocycles. The molecule has 0 aliphatic rings. The van der Waals surface area contributed by atoms with E-state index in [1.54, 1.807) is 0 Å². The number of aromatic nitrogens is 2. The van der Waals surface area contributed by atoms with Crippen molar-refractivity contribution >= 4 is 30.4 Å². The first-order valence-corrected chi connectivity index (χ1v) is 11.4. The molecule has 4 heteroatoms. The van der Waals surface area contributed by atoms with Crippen LogP contribution in [0.25, 0.3) is 22.1 Å². The minimum absolute atomic E-state index is 0.00468. The number of hydrogen-bond donors (Lipinski definition) is 0. The first-order chi connectivity index (χ1) is 11.2. The average molecular weight is 339 g/mol. The molecule has 1 atom stereocenters. The first kappa shape index (κ1) is 17.1. The van der Waals surface area contributed by atoms with E-state index < -0.39 is 8.32 Å². The van der Waals surface area contributed by atoms with Crippen LogP contribution in [0.1, 0.15) is 39.4 Å². The van der Waals surface area contributed by atoms with Gasteiger partial charge < -0.3 is 4.43 Å². The normalized spacial score (nSPS) is 14.2. The maximum Gasteiger partial charge on any atom is 0.192 e. The van der Waals surface area contributed by atoms with E-state index in [0.717, 1.165) is 27.6 Å². The Kier molecular flexibility index (Phi) is 4.22. The summed E-state index contributed by atoms with van der Waals surface area (Å²) < 4.78 is 6.58. The predicted octanol–water partition coefficient (Wildman–Crippen LogP) is 5.87. The second kappa shape index (κ2) is 5.94. The third kappa shape index (κ3) is 3.08. The molecule has 2 aromatic carbocycles. The van der Waals surface area contributed by atoms with Crippen LogP contribution in [0.5, 0.6) is 0 Å². The van der Waals surface area contributed by atoms with E-state index in [0.29, 0.717) is 0 Å². The Morgan fingerprint density at radius 2 is 1.46 bits per heavy atom. The lowest BCUT2D eigenvalue weighted by molar-refractivity contribution is 0.204. The average Bonchev–Trinajstić information content (AvgIpc) is 2.50. The Bertz CT molecular complexity index is 884. The SMILES string of the molecule is C[C@@H](O[Si](C)(C)C(C)(C)C)c1cccc2nc3ccccc3nc12. The summed E-state index contributed by atoms with van der Waals surface area (Å²) in [4.78, 5) is 9.62. The highest BCUT2D eigenvalue weighted by molar-refractivity contribution is 6.74. The Balaban J connectivity index is 2.07. The minimum atomic E-state index is -1.84. The fourth-order valence-corrected chi connectivity index (χ4v) is 4.04. The molecule has 0 saturated carbocycles. The van der Waals surface area contributed by atoms with Crippen molar-refractivity contribution in [2.75, 3.05) is 0 Å². The van der Waals surface area contributed by atoms with Gasteiger partial charge in [-0.05, 0) is 43.3 Å². The van der Waals surface area contributed by atoms with Gasteiger partial charge in [0.2, 0.25) is 0 Å². The smallest absolute Gasteiger partial charge is 0.192 e. The fraction of sp³-hybridized carbons (Fsp3) is 0.400. The second-order valence-corrected chi connectivity index (χ2v) is 12.7. The lowest BCUT2D eigenvalue weighted by atomic mass is 10.1. The van der Waals surface area contributed by atoms with Gasteiger partial charge in [0.1, 0.15) is 0 Å². The van der Waals surface area contributed by atoms with Crippen molar-refractivity contribution in [3.8, 4) is 0 Å². The largest absolute Gasteiger partial charge is 0.410 e. The Hall–Kier alpha value is -1.78. The van der Waals surface area contributed by atoms with E-state index in [1.165, 1.54) is 0 Å². The summed E-state index contributed by atoms with van der Waals surface area (Å²) in [7, 11) is -1.84. The van der Waals surface area contributed by atoms with Gasteiger partial charge in [-0.25, -0.2) is 9.97 Å². The maximum absolute atomic E-state index is 6.58. The molecule has 3 rings (SSSR count). The monoisotopic (exact) mass is 338 g/mol. The highest BCUT2D eigenvalue weighted by Gasteiger charge is 2.38. The van der Waals surface area contributed by atoms with Crippen LogP contribution in [0.2, 0.25) is 18.1 Å². The summed E-state index contributed by atoms with van der Waals surface area (Å²) in [6.07, 6.45) is 0.00468. The van der Waals surface area contributed by atoms with Crippen LogP contribution in [-0.2, 0) is 4.43 Å². The van der Waals surface area contributed by atoms with Crippen LogP contribution < -0.4 is 0 Å². The molecule has 1 aromatic heterocycles. The van der Waals surface area contributed by atoms with Gasteiger partial charge in [-0.3, -0.25) is 0 Å². The quantitative estimate of drug-likeness (QED) is 0.443. The van der Waals surface area contributed by atoms with E-state index in [9.17, 15) is 0 Å². The molecule has 0 spiro atoms. The van der Waals surface area contributed by atoms with Gasteiger partial charge in [0.25, 0.3) is 0 Å². The molecule has 0 aliphatic carbocycles. The Labute approximate surface area is 145 Å². The van der Waals surface area contributed by atoms with Gasteiger partial charge in [0, 0.05) is 5.56 Å². The molecule has 0 bridgehead atoms. The maximum atomic E-state index is 6.58. The zero-order valence-corrected chi connectivity index (χ0v) is 16.4. The van der Waals surface area contributed by atoms with E-state index in [-0.39, 0.29) is 11.1 Å². The van der Waals surface area contributed by atoms with E-state index in [2.05, 4.69) is 46.9 Å². The highest BCUT2D eigenvalue weighted by atomic mass is 28.4. The van der Waals surface area contributed by atoms with Crippen molar-refractivity contribution in [1.82, 2.24) is 9.97 Å². The van der Waals surface area contributed by atoms with Crippen molar-refractivity contribution in [2.45, 2.75) is 51.9 Å². The van der Waals surface area contributed by atoms with Crippen molar-refractivity contribution < 1.29 is 4.43 Å². The van der Waals surface area contributed by atoms with Crippen LogP contribution in [-0.4, -0.2) is 18.3 Å². The van der Waals surface area contributed by atoms with Gasteiger partial charge >= 0.3 is 0 Å². The zero-order valence-electron chi connectivity index (χ0n) is 15.4. The van der Waals surface area contributed by atoms with Crippen LogP contribution in [0.4, 0.5) is 0 Å². The van der Waals surface area contributed by atoms with Crippen LogP contribution in [0.15, 0.2) is 42.5 Å². The number of fused-ring (bicyclic) bond motifs is 2. The number of rotatable bonds is 3. The molecule has 126 valence electrons. The number of nitrogens with zero attached hydrogens (tertiary/aromatic N) is 2. The topological polar surface area (TPSA) is 35.0 Å².